The summed E-state index contributed by atoms with van der Waals surface area (Å²) in [6, 6.07) is 21.8. The minimum Gasteiger partial charge on any atom is -0.0754 e. The molecule has 0 saturated carbocycles. The van der Waals surface area contributed by atoms with Gasteiger partial charge in [0.15, 0.2) is 7.28 Å². The zero-order valence-corrected chi connectivity index (χ0v) is 11.5. The van der Waals surface area contributed by atoms with Crippen molar-refractivity contribution >= 4 is 29.0 Å². The van der Waals surface area contributed by atoms with Crippen LogP contribution in [0.25, 0.3) is 10.8 Å². The topological polar surface area (TPSA) is 0 Å². The normalized spacial score (nSPS) is 10.6. The van der Waals surface area contributed by atoms with Gasteiger partial charge in [-0.25, -0.2) is 0 Å². The summed E-state index contributed by atoms with van der Waals surface area (Å²) in [7, 11) is 1.01. The number of aryl methyl sites for hydroxylation is 1. The number of fused-ring (bicyclic) bond motifs is 1. The Morgan fingerprint density at radius 1 is 0.684 bits per heavy atom. The first-order valence-corrected chi connectivity index (χ1v) is 6.77. The standard InChI is InChI=1S/C18H17B/c1-13-7-5-11-17(14(13)2)19-18-12-6-9-15-8-3-4-10-16(15)18/h3-12,19H,1-2H3. The lowest BCUT2D eigenvalue weighted by Crippen LogP contribution is -2.29. The summed E-state index contributed by atoms with van der Waals surface area (Å²) in [6.45, 7) is 4.40. The van der Waals surface area contributed by atoms with Crippen LogP contribution in [0.15, 0.2) is 60.7 Å². The summed E-state index contributed by atoms with van der Waals surface area (Å²) in [5.41, 5.74) is 5.62. The van der Waals surface area contributed by atoms with E-state index in [2.05, 4.69) is 74.5 Å². The van der Waals surface area contributed by atoms with Gasteiger partial charge in [0.2, 0.25) is 0 Å². The minimum absolute atomic E-state index is 1.01. The van der Waals surface area contributed by atoms with Crippen molar-refractivity contribution in [2.45, 2.75) is 13.8 Å². The molecule has 1 heteroatoms. The second-order valence-corrected chi connectivity index (χ2v) is 5.17. The van der Waals surface area contributed by atoms with Crippen LogP contribution in [0.1, 0.15) is 11.1 Å². The quantitative estimate of drug-likeness (QED) is 0.608. The Morgan fingerprint density at radius 3 is 2.26 bits per heavy atom. The molecule has 92 valence electrons. The second kappa shape index (κ2) is 4.93. The van der Waals surface area contributed by atoms with Gasteiger partial charge in [0.1, 0.15) is 0 Å². The molecule has 0 amide bonds. The van der Waals surface area contributed by atoms with Crippen LogP contribution in [-0.2, 0) is 0 Å². The van der Waals surface area contributed by atoms with Gasteiger partial charge < -0.3 is 0 Å². The Kier molecular flexibility index (Phi) is 3.12. The average Bonchev–Trinajstić information content (AvgIpc) is 2.44. The molecule has 3 rings (SSSR count). The van der Waals surface area contributed by atoms with Crippen LogP contribution >= 0.6 is 0 Å². The van der Waals surface area contributed by atoms with Gasteiger partial charge in [-0.1, -0.05) is 77.2 Å². The Morgan fingerprint density at radius 2 is 1.37 bits per heavy atom. The van der Waals surface area contributed by atoms with Crippen LogP contribution in [-0.4, -0.2) is 7.28 Å². The third-order valence-corrected chi connectivity index (χ3v) is 3.98. The van der Waals surface area contributed by atoms with E-state index in [-0.39, 0.29) is 0 Å². The van der Waals surface area contributed by atoms with Crippen LogP contribution in [0.4, 0.5) is 0 Å². The summed E-state index contributed by atoms with van der Waals surface area (Å²) < 4.78 is 0. The van der Waals surface area contributed by atoms with Crippen LogP contribution < -0.4 is 10.9 Å². The van der Waals surface area contributed by atoms with E-state index in [0.717, 1.165) is 7.28 Å². The Labute approximate surface area is 115 Å². The van der Waals surface area contributed by atoms with Crippen LogP contribution in [0, 0.1) is 13.8 Å². The molecule has 0 radical (unpaired) electrons. The second-order valence-electron chi connectivity index (χ2n) is 5.17. The van der Waals surface area contributed by atoms with E-state index in [1.165, 1.54) is 32.8 Å². The third kappa shape index (κ3) is 2.29. The maximum absolute atomic E-state index is 2.24. The Balaban J connectivity index is 2.09. The van der Waals surface area contributed by atoms with Crippen molar-refractivity contribution in [1.29, 1.82) is 0 Å². The van der Waals surface area contributed by atoms with Crippen molar-refractivity contribution in [3.8, 4) is 0 Å². The zero-order chi connectivity index (χ0) is 13.2. The molecule has 0 spiro atoms. The van der Waals surface area contributed by atoms with Gasteiger partial charge in [-0.15, -0.1) is 0 Å². The molecular weight excluding hydrogens is 227 g/mol. The Hall–Kier alpha value is -2.02. The van der Waals surface area contributed by atoms with Gasteiger partial charge >= 0.3 is 0 Å². The van der Waals surface area contributed by atoms with Crippen molar-refractivity contribution in [2.75, 3.05) is 0 Å². The number of rotatable bonds is 2. The lowest BCUT2D eigenvalue weighted by molar-refractivity contribution is 1.37. The molecular formula is C18H17B. The summed E-state index contributed by atoms with van der Waals surface area (Å²) in [5.74, 6) is 0. The first-order valence-electron chi connectivity index (χ1n) is 6.77. The van der Waals surface area contributed by atoms with E-state index < -0.39 is 0 Å². The first kappa shape index (κ1) is 12.0. The smallest absolute Gasteiger partial charge is 0.0754 e. The largest absolute Gasteiger partial charge is 0.193 e. The van der Waals surface area contributed by atoms with E-state index in [1.54, 1.807) is 0 Å². The fraction of sp³-hybridized carbons (Fsp3) is 0.111. The molecule has 3 aromatic rings. The van der Waals surface area contributed by atoms with Gasteiger partial charge in [0.05, 0.1) is 0 Å². The fourth-order valence-electron chi connectivity index (χ4n) is 2.66. The maximum Gasteiger partial charge on any atom is 0.193 e. The summed E-state index contributed by atoms with van der Waals surface area (Å²) in [6.07, 6.45) is 0. The molecule has 0 aliphatic carbocycles. The maximum atomic E-state index is 2.24. The average molecular weight is 244 g/mol. The SMILES string of the molecule is Cc1cccc(Bc2cccc3ccccc23)c1C. The first-order chi connectivity index (χ1) is 9.25. The molecule has 0 saturated heterocycles. The zero-order valence-electron chi connectivity index (χ0n) is 11.5. The monoisotopic (exact) mass is 244 g/mol. The molecule has 0 bridgehead atoms. The highest BCUT2D eigenvalue weighted by Crippen LogP contribution is 2.10. The fourth-order valence-corrected chi connectivity index (χ4v) is 2.66. The Bertz CT molecular complexity index is 723. The molecule has 0 nitrogen and oxygen atoms in total. The van der Waals surface area contributed by atoms with Crippen molar-refractivity contribution in [1.82, 2.24) is 0 Å². The van der Waals surface area contributed by atoms with Gasteiger partial charge in [0.25, 0.3) is 0 Å². The van der Waals surface area contributed by atoms with E-state index in [1.807, 2.05) is 0 Å². The predicted octanol–water partition coefficient (Wildman–Crippen LogP) is 2.84. The molecule has 0 atom stereocenters. The van der Waals surface area contributed by atoms with Crippen molar-refractivity contribution in [2.24, 2.45) is 0 Å². The molecule has 19 heavy (non-hydrogen) atoms. The number of hydrogen-bond acceptors (Lipinski definition) is 0. The van der Waals surface area contributed by atoms with E-state index in [0.29, 0.717) is 0 Å². The molecule has 3 aromatic carbocycles. The summed E-state index contributed by atoms with van der Waals surface area (Å²) in [5, 5.41) is 2.69. The minimum atomic E-state index is 1.01. The highest BCUT2D eigenvalue weighted by Gasteiger charge is 2.06. The molecule has 0 fully saturated rings. The van der Waals surface area contributed by atoms with Gasteiger partial charge in [-0.05, 0) is 30.2 Å². The number of benzene rings is 3. The van der Waals surface area contributed by atoms with Crippen LogP contribution in [0.3, 0.4) is 0 Å². The molecule has 0 aliphatic rings. The van der Waals surface area contributed by atoms with Crippen molar-refractivity contribution in [3.05, 3.63) is 71.8 Å². The number of hydrogen-bond donors (Lipinski definition) is 0. The lowest BCUT2D eigenvalue weighted by atomic mass is 9.61. The summed E-state index contributed by atoms with van der Waals surface area (Å²) >= 11 is 0. The highest BCUT2D eigenvalue weighted by atomic mass is 14.0. The summed E-state index contributed by atoms with van der Waals surface area (Å²) in [4.78, 5) is 0. The van der Waals surface area contributed by atoms with Crippen LogP contribution in [0.2, 0.25) is 0 Å². The molecule has 0 aromatic heterocycles. The molecule has 0 heterocycles. The van der Waals surface area contributed by atoms with E-state index in [4.69, 9.17) is 0 Å². The molecule has 0 N–H and O–H groups in total. The van der Waals surface area contributed by atoms with E-state index in [9.17, 15) is 0 Å². The highest BCUT2D eigenvalue weighted by molar-refractivity contribution is 6.70. The van der Waals surface area contributed by atoms with Crippen LogP contribution in [0.5, 0.6) is 0 Å². The van der Waals surface area contributed by atoms with Crippen molar-refractivity contribution < 1.29 is 0 Å². The molecule has 0 aliphatic heterocycles. The van der Waals surface area contributed by atoms with Gasteiger partial charge in [0, 0.05) is 0 Å². The third-order valence-electron chi connectivity index (χ3n) is 3.98. The van der Waals surface area contributed by atoms with Gasteiger partial charge in [-0.3, -0.25) is 0 Å². The van der Waals surface area contributed by atoms with Crippen molar-refractivity contribution in [3.63, 3.8) is 0 Å². The molecule has 0 unspecified atom stereocenters. The van der Waals surface area contributed by atoms with Gasteiger partial charge in [-0.2, -0.15) is 0 Å². The predicted molar refractivity (Wildman–Crippen MR) is 86.3 cm³/mol. The lowest BCUT2D eigenvalue weighted by Gasteiger charge is -2.09. The van der Waals surface area contributed by atoms with E-state index >= 15 is 0 Å².